The van der Waals surface area contributed by atoms with Crippen molar-refractivity contribution in [3.05, 3.63) is 60.8 Å². The quantitative estimate of drug-likeness (QED) is 0.0206. The fraction of sp³-hybridized carbons (Fsp3) is 0.833. The van der Waals surface area contributed by atoms with Crippen LogP contribution < -0.4 is 5.32 Å². The molecule has 0 aromatic heterocycles. The molecule has 0 saturated carbocycles. The molecule has 19 heteroatoms. The standard InChI is InChI=1S/C66H117NO18/c1-3-5-7-9-10-11-12-13-14-15-16-17-18-19-20-21-22-23-24-25-26-27-28-29-30-31-32-33-34-35-36-37-38-40-42-44-54(72)67-49(50(71)43-41-39-8-6-4-2)48-80-64-60(78)57(75)62(52(46-69)82-64)85-66-61(79)58(76)63(53(47-70)83-66)84-65-59(77)56(74)55(73)51(45-68)81-65/h5,7,10-11,13-14,16-17,19-20,49-53,55-66,68-71,73-79H,3-4,6,8-9,12,15,18,21-48H2,1-2H3,(H,67,72)/b7-5-,11-10-,14-13-,17-16-,20-19-. The minimum atomic E-state index is -1.97. The number of rotatable bonds is 49. The fourth-order valence-corrected chi connectivity index (χ4v) is 11.0. The lowest BCUT2D eigenvalue weighted by Crippen LogP contribution is -2.66. The molecule has 3 heterocycles. The molecule has 3 aliphatic heterocycles. The number of amides is 1. The summed E-state index contributed by atoms with van der Waals surface area (Å²) in [7, 11) is 0. The predicted molar refractivity (Wildman–Crippen MR) is 328 cm³/mol. The van der Waals surface area contributed by atoms with Gasteiger partial charge in [0.2, 0.25) is 5.91 Å². The molecule has 3 saturated heterocycles. The van der Waals surface area contributed by atoms with E-state index in [1.807, 2.05) is 0 Å². The lowest BCUT2D eigenvalue weighted by atomic mass is 9.96. The summed E-state index contributed by atoms with van der Waals surface area (Å²) in [5.41, 5.74) is 0. The first-order valence-electron chi connectivity index (χ1n) is 33.0. The molecule has 0 spiro atoms. The highest BCUT2D eigenvalue weighted by molar-refractivity contribution is 5.76. The average Bonchev–Trinajstić information content (AvgIpc) is 2.21. The van der Waals surface area contributed by atoms with Crippen LogP contribution in [0.5, 0.6) is 0 Å². The van der Waals surface area contributed by atoms with Gasteiger partial charge in [-0.3, -0.25) is 4.79 Å². The molecule has 3 rings (SSSR count). The third-order valence-corrected chi connectivity index (χ3v) is 16.4. The van der Waals surface area contributed by atoms with E-state index in [4.69, 9.17) is 28.4 Å². The summed E-state index contributed by atoms with van der Waals surface area (Å²) < 4.78 is 34.2. The van der Waals surface area contributed by atoms with Gasteiger partial charge in [-0.25, -0.2) is 0 Å². The first-order chi connectivity index (χ1) is 41.3. The lowest BCUT2D eigenvalue weighted by Gasteiger charge is -2.48. The van der Waals surface area contributed by atoms with Crippen molar-refractivity contribution in [2.24, 2.45) is 0 Å². The Balaban J connectivity index is 1.26. The van der Waals surface area contributed by atoms with Crippen molar-refractivity contribution in [3.63, 3.8) is 0 Å². The molecule has 494 valence electrons. The number of allylic oxidation sites excluding steroid dienone is 10. The molecule has 0 aromatic rings. The summed E-state index contributed by atoms with van der Waals surface area (Å²) in [6, 6.07) is -0.883. The topological polar surface area (TPSA) is 307 Å². The number of aliphatic hydroxyl groups excluding tert-OH is 11. The monoisotopic (exact) mass is 1210 g/mol. The highest BCUT2D eigenvalue weighted by Crippen LogP contribution is 2.33. The Bertz CT molecular complexity index is 1780. The molecule has 17 atom stereocenters. The molecular formula is C66H117NO18. The van der Waals surface area contributed by atoms with Crippen LogP contribution in [0.4, 0.5) is 0 Å². The number of aliphatic hydroxyl groups is 11. The molecule has 0 aliphatic carbocycles. The van der Waals surface area contributed by atoms with E-state index in [1.165, 1.54) is 103 Å². The minimum Gasteiger partial charge on any atom is -0.394 e. The summed E-state index contributed by atoms with van der Waals surface area (Å²) in [4.78, 5) is 13.3. The molecule has 0 bridgehead atoms. The minimum absolute atomic E-state index is 0.250. The van der Waals surface area contributed by atoms with Crippen molar-refractivity contribution < 1.29 is 89.4 Å². The first kappa shape index (κ1) is 76.7. The van der Waals surface area contributed by atoms with Crippen LogP contribution in [0.2, 0.25) is 0 Å². The molecule has 1 amide bonds. The third-order valence-electron chi connectivity index (χ3n) is 16.4. The van der Waals surface area contributed by atoms with Crippen LogP contribution >= 0.6 is 0 Å². The number of hydrogen-bond acceptors (Lipinski definition) is 18. The van der Waals surface area contributed by atoms with Gasteiger partial charge in [-0.05, 0) is 57.8 Å². The number of nitrogens with one attached hydrogen (secondary N) is 1. The maximum Gasteiger partial charge on any atom is 0.220 e. The van der Waals surface area contributed by atoms with Crippen LogP contribution in [0.1, 0.15) is 219 Å². The molecule has 3 aliphatic rings. The van der Waals surface area contributed by atoms with Crippen molar-refractivity contribution in [3.8, 4) is 0 Å². The Morgan fingerprint density at radius 2 is 0.812 bits per heavy atom. The summed E-state index contributed by atoms with van der Waals surface area (Å²) in [5.74, 6) is -0.250. The smallest absolute Gasteiger partial charge is 0.220 e. The van der Waals surface area contributed by atoms with E-state index in [0.29, 0.717) is 12.8 Å². The zero-order valence-electron chi connectivity index (χ0n) is 51.8. The summed E-state index contributed by atoms with van der Waals surface area (Å²) in [6.07, 6.45) is 31.3. The van der Waals surface area contributed by atoms with Gasteiger partial charge in [-0.15, -0.1) is 0 Å². The molecule has 19 nitrogen and oxygen atoms in total. The van der Waals surface area contributed by atoms with Crippen molar-refractivity contribution in [2.45, 2.75) is 324 Å². The largest absolute Gasteiger partial charge is 0.394 e. The van der Waals surface area contributed by atoms with E-state index in [-0.39, 0.29) is 18.9 Å². The Kier molecular flexibility index (Phi) is 43.7. The van der Waals surface area contributed by atoms with Crippen LogP contribution in [0, 0.1) is 0 Å². The second-order valence-electron chi connectivity index (χ2n) is 23.6. The third kappa shape index (κ3) is 31.2. The zero-order chi connectivity index (χ0) is 61.9. The molecule has 3 fully saturated rings. The van der Waals surface area contributed by atoms with Gasteiger partial charge in [-0.1, -0.05) is 216 Å². The number of carbonyl (C=O) groups is 1. The number of carbonyl (C=O) groups excluding carboxylic acids is 1. The van der Waals surface area contributed by atoms with Gasteiger partial charge in [-0.2, -0.15) is 0 Å². The van der Waals surface area contributed by atoms with Gasteiger partial charge >= 0.3 is 0 Å². The molecule has 17 unspecified atom stereocenters. The zero-order valence-corrected chi connectivity index (χ0v) is 51.8. The van der Waals surface area contributed by atoms with E-state index in [1.54, 1.807) is 0 Å². The van der Waals surface area contributed by atoms with Crippen LogP contribution in [0.25, 0.3) is 0 Å². The molecule has 85 heavy (non-hydrogen) atoms. The van der Waals surface area contributed by atoms with Crippen molar-refractivity contribution in [2.75, 3.05) is 26.4 Å². The van der Waals surface area contributed by atoms with E-state index in [9.17, 15) is 61.0 Å². The summed E-state index contributed by atoms with van der Waals surface area (Å²) in [5, 5.41) is 120. The van der Waals surface area contributed by atoms with Gasteiger partial charge in [0.15, 0.2) is 18.9 Å². The summed E-state index contributed by atoms with van der Waals surface area (Å²) >= 11 is 0. The maximum atomic E-state index is 13.3. The second kappa shape index (κ2) is 48.4. The highest BCUT2D eigenvalue weighted by atomic mass is 16.8. The molecule has 0 radical (unpaired) electrons. The van der Waals surface area contributed by atoms with E-state index in [2.05, 4.69) is 79.9 Å². The Labute approximate surface area is 509 Å². The first-order valence-corrected chi connectivity index (χ1v) is 33.0. The lowest BCUT2D eigenvalue weighted by molar-refractivity contribution is -0.379. The highest BCUT2D eigenvalue weighted by Gasteiger charge is 2.53. The van der Waals surface area contributed by atoms with Crippen molar-refractivity contribution in [1.82, 2.24) is 5.32 Å². The van der Waals surface area contributed by atoms with Crippen molar-refractivity contribution in [1.29, 1.82) is 0 Å². The van der Waals surface area contributed by atoms with Gasteiger partial charge < -0.3 is 89.9 Å². The fourth-order valence-electron chi connectivity index (χ4n) is 11.0. The van der Waals surface area contributed by atoms with Crippen LogP contribution in [-0.4, -0.2) is 193 Å². The summed E-state index contributed by atoms with van der Waals surface area (Å²) in [6.45, 7) is 1.56. The average molecular weight is 1210 g/mol. The van der Waals surface area contributed by atoms with Gasteiger partial charge in [0, 0.05) is 6.42 Å². The number of hydrogen-bond donors (Lipinski definition) is 12. The van der Waals surface area contributed by atoms with E-state index < -0.39 is 124 Å². The number of ether oxygens (including phenoxy) is 6. The molecular weight excluding hydrogens is 1090 g/mol. The molecule has 12 N–H and O–H groups in total. The van der Waals surface area contributed by atoms with Crippen LogP contribution in [0.3, 0.4) is 0 Å². The second-order valence-corrected chi connectivity index (χ2v) is 23.6. The Morgan fingerprint density at radius 1 is 0.435 bits per heavy atom. The van der Waals surface area contributed by atoms with E-state index >= 15 is 0 Å². The van der Waals surface area contributed by atoms with Crippen LogP contribution in [0.15, 0.2) is 60.8 Å². The normalized spacial score (nSPS) is 29.4. The Hall–Kier alpha value is -2.51. The van der Waals surface area contributed by atoms with Crippen LogP contribution in [-0.2, 0) is 33.2 Å². The molecule has 0 aromatic carbocycles. The van der Waals surface area contributed by atoms with Gasteiger partial charge in [0.25, 0.3) is 0 Å². The Morgan fingerprint density at radius 3 is 1.27 bits per heavy atom. The predicted octanol–water partition coefficient (Wildman–Crippen LogP) is 7.60. The van der Waals surface area contributed by atoms with Crippen molar-refractivity contribution >= 4 is 5.91 Å². The van der Waals surface area contributed by atoms with Gasteiger partial charge in [0.1, 0.15) is 73.2 Å². The van der Waals surface area contributed by atoms with E-state index in [0.717, 1.165) is 83.5 Å². The number of unbranched alkanes of at least 4 members (excludes halogenated alkanes) is 23. The van der Waals surface area contributed by atoms with Gasteiger partial charge in [0.05, 0.1) is 38.6 Å². The maximum absolute atomic E-state index is 13.3. The SMILES string of the molecule is CC/C=C\C/C=C\C/C=C\C/C=C\C/C=C\CCCCCCCCCCCCCCCCCCCCCC(=O)NC(COC1OC(CO)C(OC2OC(CO)C(OC3OC(CO)C(O)C(O)C3O)C(O)C2O)C(O)C1O)C(O)CCCCCCC.